The minimum atomic E-state index is 0.310. The Bertz CT molecular complexity index is 901. The largest absolute Gasteiger partial charge is 0.361 e. The zero-order chi connectivity index (χ0) is 18.1. The first kappa shape index (κ1) is 16.8. The average Bonchev–Trinajstić information content (AvgIpc) is 3.23. The van der Waals surface area contributed by atoms with Gasteiger partial charge in [0.15, 0.2) is 5.82 Å². The van der Waals surface area contributed by atoms with Crippen LogP contribution in [0.2, 0.25) is 0 Å². The fourth-order valence-electron chi connectivity index (χ4n) is 3.73. The summed E-state index contributed by atoms with van der Waals surface area (Å²) >= 11 is 0. The molecule has 0 saturated carbocycles. The number of pyridine rings is 1. The van der Waals surface area contributed by atoms with Gasteiger partial charge in [0.2, 0.25) is 0 Å². The van der Waals surface area contributed by atoms with E-state index in [2.05, 4.69) is 33.0 Å². The first-order valence-electron chi connectivity index (χ1n) is 9.03. The predicted octanol–water partition coefficient (Wildman–Crippen LogP) is 3.79. The Hall–Kier alpha value is -2.60. The van der Waals surface area contributed by atoms with E-state index in [1.807, 2.05) is 38.5 Å². The second kappa shape index (κ2) is 6.96. The lowest BCUT2D eigenvalue weighted by Gasteiger charge is -2.25. The van der Waals surface area contributed by atoms with Crippen LogP contribution in [-0.2, 0) is 6.54 Å². The monoisotopic (exact) mass is 349 g/mol. The fraction of sp³-hybridized carbons (Fsp3) is 0.400. The molecule has 4 heterocycles. The van der Waals surface area contributed by atoms with Gasteiger partial charge in [0.25, 0.3) is 0 Å². The Morgan fingerprint density at radius 3 is 2.85 bits per heavy atom. The van der Waals surface area contributed by atoms with Crippen LogP contribution >= 0.6 is 0 Å². The molecule has 0 bridgehead atoms. The summed E-state index contributed by atoms with van der Waals surface area (Å²) in [7, 11) is 0. The van der Waals surface area contributed by atoms with Gasteiger partial charge in [-0.1, -0.05) is 5.16 Å². The summed E-state index contributed by atoms with van der Waals surface area (Å²) < 4.78 is 5.28. The van der Waals surface area contributed by atoms with E-state index in [-0.39, 0.29) is 0 Å². The topological polar surface area (TPSA) is 67.9 Å². The van der Waals surface area contributed by atoms with E-state index in [0.29, 0.717) is 11.9 Å². The lowest BCUT2D eigenvalue weighted by Crippen LogP contribution is -2.24. The van der Waals surface area contributed by atoms with Gasteiger partial charge in [0.05, 0.1) is 23.0 Å². The van der Waals surface area contributed by atoms with E-state index in [9.17, 15) is 0 Å². The number of aryl methyl sites for hydroxylation is 3. The average molecular weight is 349 g/mol. The molecule has 1 aliphatic rings. The minimum Gasteiger partial charge on any atom is -0.361 e. The molecule has 0 aromatic carbocycles. The van der Waals surface area contributed by atoms with Gasteiger partial charge in [-0.05, 0) is 63.4 Å². The summed E-state index contributed by atoms with van der Waals surface area (Å²) in [4.78, 5) is 16.0. The van der Waals surface area contributed by atoms with Crippen LogP contribution in [0.5, 0.6) is 0 Å². The van der Waals surface area contributed by atoms with Crippen LogP contribution in [-0.4, -0.2) is 31.6 Å². The smallest absolute Gasteiger partial charge is 0.164 e. The van der Waals surface area contributed by atoms with Crippen LogP contribution < -0.4 is 0 Å². The molecule has 1 aliphatic heterocycles. The SMILES string of the molecule is Cc1cnccc1CN1CCC[C@@H]1c1ccnc(-c2c(C)noc2C)n1. The summed E-state index contributed by atoms with van der Waals surface area (Å²) in [5, 5.41) is 4.03. The molecular weight excluding hydrogens is 326 g/mol. The van der Waals surface area contributed by atoms with Crippen molar-refractivity contribution in [2.45, 2.75) is 46.2 Å². The van der Waals surface area contributed by atoms with Crippen LogP contribution in [0.1, 0.15) is 47.2 Å². The zero-order valence-corrected chi connectivity index (χ0v) is 15.4. The highest BCUT2D eigenvalue weighted by Gasteiger charge is 2.28. The van der Waals surface area contributed by atoms with Gasteiger partial charge >= 0.3 is 0 Å². The number of rotatable bonds is 4. The minimum absolute atomic E-state index is 0.310. The van der Waals surface area contributed by atoms with Gasteiger partial charge < -0.3 is 4.52 Å². The predicted molar refractivity (Wildman–Crippen MR) is 98.4 cm³/mol. The third-order valence-electron chi connectivity index (χ3n) is 5.15. The molecule has 3 aromatic rings. The first-order valence-corrected chi connectivity index (χ1v) is 9.03. The molecule has 26 heavy (non-hydrogen) atoms. The molecule has 0 N–H and O–H groups in total. The van der Waals surface area contributed by atoms with Gasteiger partial charge in [-0.3, -0.25) is 9.88 Å². The maximum absolute atomic E-state index is 5.28. The molecule has 1 fully saturated rings. The van der Waals surface area contributed by atoms with Crippen molar-refractivity contribution >= 4 is 0 Å². The van der Waals surface area contributed by atoms with Gasteiger partial charge in [0, 0.05) is 25.1 Å². The molecular formula is C20H23N5O. The number of nitrogens with zero attached hydrogens (tertiary/aromatic N) is 5. The van der Waals surface area contributed by atoms with Crippen molar-refractivity contribution in [3.05, 3.63) is 59.0 Å². The molecule has 0 spiro atoms. The third-order valence-corrected chi connectivity index (χ3v) is 5.15. The summed E-state index contributed by atoms with van der Waals surface area (Å²) in [6.07, 6.45) is 7.94. The van der Waals surface area contributed by atoms with Crippen molar-refractivity contribution in [3.8, 4) is 11.4 Å². The molecule has 0 radical (unpaired) electrons. The van der Waals surface area contributed by atoms with E-state index in [1.165, 1.54) is 17.5 Å². The Labute approximate surface area is 153 Å². The first-order chi connectivity index (χ1) is 12.6. The Morgan fingerprint density at radius 1 is 1.19 bits per heavy atom. The second-order valence-corrected chi connectivity index (χ2v) is 6.93. The molecule has 0 unspecified atom stereocenters. The zero-order valence-electron chi connectivity index (χ0n) is 15.4. The molecule has 4 rings (SSSR count). The summed E-state index contributed by atoms with van der Waals surface area (Å²) in [5.41, 5.74) is 5.36. The standard InChI is InChI=1S/C20H23N5O/c1-13-11-21-8-6-16(13)12-25-10-4-5-18(25)17-7-9-22-20(23-17)19-14(2)24-26-15(19)3/h6-9,11,18H,4-5,10,12H2,1-3H3/t18-/m1/s1. The number of likely N-dealkylation sites (tertiary alicyclic amines) is 1. The highest BCUT2D eigenvalue weighted by Crippen LogP contribution is 2.33. The molecule has 1 saturated heterocycles. The van der Waals surface area contributed by atoms with Crippen molar-refractivity contribution in [3.63, 3.8) is 0 Å². The van der Waals surface area contributed by atoms with E-state index in [0.717, 1.165) is 42.2 Å². The van der Waals surface area contributed by atoms with E-state index in [1.54, 1.807) is 0 Å². The van der Waals surface area contributed by atoms with E-state index in [4.69, 9.17) is 9.51 Å². The number of aromatic nitrogens is 4. The third kappa shape index (κ3) is 3.12. The van der Waals surface area contributed by atoms with Crippen molar-refractivity contribution in [2.75, 3.05) is 6.54 Å². The highest BCUT2D eigenvalue weighted by atomic mass is 16.5. The van der Waals surface area contributed by atoms with Crippen molar-refractivity contribution < 1.29 is 4.52 Å². The van der Waals surface area contributed by atoms with Crippen LogP contribution in [0.15, 0.2) is 35.2 Å². The molecule has 3 aromatic heterocycles. The van der Waals surface area contributed by atoms with Crippen LogP contribution in [0.4, 0.5) is 0 Å². The lowest BCUT2D eigenvalue weighted by atomic mass is 10.1. The van der Waals surface area contributed by atoms with Crippen LogP contribution in [0.25, 0.3) is 11.4 Å². The number of hydrogen-bond acceptors (Lipinski definition) is 6. The Morgan fingerprint density at radius 2 is 2.08 bits per heavy atom. The maximum atomic E-state index is 5.28. The Kier molecular flexibility index (Phi) is 4.51. The van der Waals surface area contributed by atoms with Gasteiger partial charge in [-0.25, -0.2) is 9.97 Å². The summed E-state index contributed by atoms with van der Waals surface area (Å²) in [6, 6.07) is 4.45. The maximum Gasteiger partial charge on any atom is 0.164 e. The van der Waals surface area contributed by atoms with E-state index >= 15 is 0 Å². The van der Waals surface area contributed by atoms with Crippen molar-refractivity contribution in [2.24, 2.45) is 0 Å². The molecule has 6 heteroatoms. The van der Waals surface area contributed by atoms with Crippen molar-refractivity contribution in [1.29, 1.82) is 0 Å². The van der Waals surface area contributed by atoms with Crippen molar-refractivity contribution in [1.82, 2.24) is 25.0 Å². The Balaban J connectivity index is 1.62. The lowest BCUT2D eigenvalue weighted by molar-refractivity contribution is 0.244. The fourth-order valence-corrected chi connectivity index (χ4v) is 3.73. The van der Waals surface area contributed by atoms with Gasteiger partial charge in [-0.15, -0.1) is 0 Å². The van der Waals surface area contributed by atoms with Gasteiger partial charge in [-0.2, -0.15) is 0 Å². The number of hydrogen-bond donors (Lipinski definition) is 0. The second-order valence-electron chi connectivity index (χ2n) is 6.93. The molecule has 6 nitrogen and oxygen atoms in total. The van der Waals surface area contributed by atoms with Gasteiger partial charge in [0.1, 0.15) is 5.76 Å². The molecule has 1 atom stereocenters. The van der Waals surface area contributed by atoms with Crippen LogP contribution in [0, 0.1) is 20.8 Å². The normalized spacial score (nSPS) is 17.7. The van der Waals surface area contributed by atoms with Crippen LogP contribution in [0.3, 0.4) is 0 Å². The quantitative estimate of drug-likeness (QED) is 0.714. The van der Waals surface area contributed by atoms with E-state index < -0.39 is 0 Å². The highest BCUT2D eigenvalue weighted by molar-refractivity contribution is 5.59. The molecule has 134 valence electrons. The summed E-state index contributed by atoms with van der Waals surface area (Å²) in [6.45, 7) is 7.95. The molecule has 0 amide bonds. The summed E-state index contributed by atoms with van der Waals surface area (Å²) in [5.74, 6) is 1.46. The molecule has 0 aliphatic carbocycles.